The van der Waals surface area contributed by atoms with E-state index < -0.39 is 0 Å². The zero-order chi connectivity index (χ0) is 7.11. The van der Waals surface area contributed by atoms with Crippen molar-refractivity contribution in [2.24, 2.45) is 0 Å². The number of aryl methyl sites for hydroxylation is 1. The summed E-state index contributed by atoms with van der Waals surface area (Å²) in [6.07, 6.45) is 5.06. The molecule has 1 N–H and O–H groups in total. The number of hydrogen-bond acceptors (Lipinski definition) is 4. The van der Waals surface area contributed by atoms with Gasteiger partial charge >= 0.3 is 0 Å². The molecular formula is C5H8N2OS. The van der Waals surface area contributed by atoms with Gasteiger partial charge in [-0.05, 0) is 25.4 Å². The zero-order valence-electron chi connectivity index (χ0n) is 5.02. The van der Waals surface area contributed by atoms with E-state index in [0.717, 1.165) is 5.56 Å². The molecule has 50 valence electrons. The predicted octanol–water partition coefficient (Wildman–Crippen LogP) is 1.17. The largest absolute Gasteiger partial charge is 0.333 e. The average molecular weight is 144 g/mol. The maximum Gasteiger partial charge on any atom is 0.115 e. The van der Waals surface area contributed by atoms with Crippen LogP contribution in [0.4, 0.5) is 0 Å². The molecule has 1 aromatic heterocycles. The molecule has 0 amide bonds. The number of rotatable bonds is 0. The topological polar surface area (TPSA) is 46.0 Å². The molecule has 0 aromatic carbocycles. The van der Waals surface area contributed by atoms with Gasteiger partial charge in [-0.15, -0.1) is 0 Å². The van der Waals surface area contributed by atoms with Crippen LogP contribution < -0.4 is 0 Å². The van der Waals surface area contributed by atoms with Crippen LogP contribution in [0.15, 0.2) is 18.7 Å². The fourth-order valence-electron chi connectivity index (χ4n) is 0.374. The van der Waals surface area contributed by atoms with E-state index in [-0.39, 0.29) is 0 Å². The van der Waals surface area contributed by atoms with Gasteiger partial charge in [0.15, 0.2) is 0 Å². The van der Waals surface area contributed by atoms with Crippen LogP contribution in [0.1, 0.15) is 5.56 Å². The third-order valence-corrected chi connectivity index (χ3v) is 0.690. The van der Waals surface area contributed by atoms with E-state index in [0.29, 0.717) is 0 Å². The summed E-state index contributed by atoms with van der Waals surface area (Å²) in [5.74, 6) is 0. The van der Waals surface area contributed by atoms with Crippen LogP contribution in [0.3, 0.4) is 0 Å². The summed E-state index contributed by atoms with van der Waals surface area (Å²) >= 11 is 2.53. The maximum absolute atomic E-state index is 6.69. The van der Waals surface area contributed by atoms with Crippen molar-refractivity contribution in [3.63, 3.8) is 0 Å². The molecule has 0 unspecified atom stereocenters. The molecule has 9 heavy (non-hydrogen) atoms. The van der Waals surface area contributed by atoms with Gasteiger partial charge in [0, 0.05) is 12.4 Å². The van der Waals surface area contributed by atoms with Crippen molar-refractivity contribution in [1.82, 2.24) is 9.97 Å². The molecule has 0 aliphatic carbocycles. The van der Waals surface area contributed by atoms with Crippen LogP contribution in [0.5, 0.6) is 0 Å². The van der Waals surface area contributed by atoms with Gasteiger partial charge < -0.3 is 4.55 Å². The predicted molar refractivity (Wildman–Crippen MR) is 38.4 cm³/mol. The SMILES string of the molecule is Cc1cncnc1.OS. The third-order valence-electron chi connectivity index (χ3n) is 0.690. The Kier molecular flexibility index (Phi) is 5.15. The second-order valence-electron chi connectivity index (χ2n) is 1.42. The highest BCUT2D eigenvalue weighted by molar-refractivity contribution is 7.74. The summed E-state index contributed by atoms with van der Waals surface area (Å²) < 4.78 is 6.69. The highest BCUT2D eigenvalue weighted by Gasteiger charge is 1.74. The third kappa shape index (κ3) is 3.93. The van der Waals surface area contributed by atoms with Gasteiger partial charge in [-0.25, -0.2) is 9.97 Å². The maximum atomic E-state index is 6.69. The summed E-state index contributed by atoms with van der Waals surface area (Å²) in [5, 5.41) is 0. The van der Waals surface area contributed by atoms with Crippen LogP contribution in [0, 0.1) is 6.92 Å². The molecule has 0 saturated carbocycles. The van der Waals surface area contributed by atoms with E-state index in [9.17, 15) is 0 Å². The summed E-state index contributed by atoms with van der Waals surface area (Å²) in [4.78, 5) is 7.55. The summed E-state index contributed by atoms with van der Waals surface area (Å²) in [6, 6.07) is 0. The smallest absolute Gasteiger partial charge is 0.115 e. The Hall–Kier alpha value is -0.610. The molecule has 1 heterocycles. The van der Waals surface area contributed by atoms with Crippen LogP contribution >= 0.6 is 12.9 Å². The van der Waals surface area contributed by atoms with E-state index in [1.807, 2.05) is 6.92 Å². The van der Waals surface area contributed by atoms with E-state index >= 15 is 0 Å². The Balaban J connectivity index is 0.000000291. The molecule has 0 atom stereocenters. The molecule has 0 aliphatic rings. The van der Waals surface area contributed by atoms with Crippen LogP contribution in [-0.4, -0.2) is 14.5 Å². The van der Waals surface area contributed by atoms with Gasteiger partial charge in [0.05, 0.1) is 0 Å². The van der Waals surface area contributed by atoms with E-state index in [2.05, 4.69) is 22.9 Å². The van der Waals surface area contributed by atoms with E-state index in [4.69, 9.17) is 4.55 Å². The number of nitrogens with zero attached hydrogens (tertiary/aromatic N) is 2. The van der Waals surface area contributed by atoms with Crippen molar-refractivity contribution >= 4 is 12.9 Å². The van der Waals surface area contributed by atoms with Gasteiger partial charge in [-0.1, -0.05) is 0 Å². The van der Waals surface area contributed by atoms with E-state index in [1.165, 1.54) is 6.33 Å². The number of thiol groups is 1. The van der Waals surface area contributed by atoms with Crippen molar-refractivity contribution in [2.45, 2.75) is 6.92 Å². The lowest BCUT2D eigenvalue weighted by Gasteiger charge is -1.81. The first-order chi connectivity index (χ1) is 4.39. The summed E-state index contributed by atoms with van der Waals surface area (Å²) in [5.41, 5.74) is 1.10. The minimum atomic E-state index is 1.10. The van der Waals surface area contributed by atoms with Crippen LogP contribution in [0.25, 0.3) is 0 Å². The van der Waals surface area contributed by atoms with Crippen molar-refractivity contribution in [3.8, 4) is 0 Å². The average Bonchev–Trinajstić information content (AvgIpc) is 1.94. The Labute approximate surface area is 59.4 Å². The van der Waals surface area contributed by atoms with E-state index in [1.54, 1.807) is 12.4 Å². The molecule has 0 aliphatic heterocycles. The Morgan fingerprint density at radius 2 is 1.78 bits per heavy atom. The zero-order valence-corrected chi connectivity index (χ0v) is 5.92. The number of hydrogen-bond donors (Lipinski definition) is 2. The summed E-state index contributed by atoms with van der Waals surface area (Å²) in [6.45, 7) is 1.96. The minimum Gasteiger partial charge on any atom is -0.333 e. The highest BCUT2D eigenvalue weighted by Crippen LogP contribution is 1.84. The van der Waals surface area contributed by atoms with Gasteiger partial charge in [0.25, 0.3) is 0 Å². The monoisotopic (exact) mass is 144 g/mol. The van der Waals surface area contributed by atoms with Gasteiger partial charge in [0.1, 0.15) is 6.33 Å². The summed E-state index contributed by atoms with van der Waals surface area (Å²) in [7, 11) is 0. The lowest BCUT2D eigenvalue weighted by molar-refractivity contribution is 0.679. The first-order valence-electron chi connectivity index (χ1n) is 2.31. The van der Waals surface area contributed by atoms with Crippen molar-refractivity contribution < 1.29 is 4.55 Å². The lowest BCUT2D eigenvalue weighted by Crippen LogP contribution is -1.75. The van der Waals surface area contributed by atoms with Gasteiger partial charge in [-0.2, -0.15) is 0 Å². The first-order valence-corrected chi connectivity index (χ1v) is 2.71. The first kappa shape index (κ1) is 8.39. The molecule has 1 aromatic rings. The highest BCUT2D eigenvalue weighted by atomic mass is 32.1. The Morgan fingerprint density at radius 1 is 1.33 bits per heavy atom. The molecule has 1 rings (SSSR count). The second-order valence-corrected chi connectivity index (χ2v) is 1.42. The van der Waals surface area contributed by atoms with Gasteiger partial charge in [-0.3, -0.25) is 0 Å². The number of aromatic nitrogens is 2. The Bertz CT molecular complexity index is 145. The fraction of sp³-hybridized carbons (Fsp3) is 0.200. The molecule has 0 bridgehead atoms. The van der Waals surface area contributed by atoms with Crippen molar-refractivity contribution in [3.05, 3.63) is 24.3 Å². The normalized spacial score (nSPS) is 7.44. The molecule has 3 nitrogen and oxygen atoms in total. The van der Waals surface area contributed by atoms with Gasteiger partial charge in [0.2, 0.25) is 0 Å². The standard InChI is InChI=1S/C5H6N2.H2OS/c1-5-2-6-4-7-3-5;1-2/h2-4H,1H3;1-2H. The molecule has 0 spiro atoms. The molecule has 4 heteroatoms. The van der Waals surface area contributed by atoms with Crippen molar-refractivity contribution in [2.75, 3.05) is 0 Å². The molecule has 0 radical (unpaired) electrons. The molecule has 0 fully saturated rings. The fourth-order valence-corrected chi connectivity index (χ4v) is 0.374. The quantitative estimate of drug-likeness (QED) is 0.424. The minimum absolute atomic E-state index is 1.10. The molecule has 0 saturated heterocycles. The molecular weight excluding hydrogens is 136 g/mol. The lowest BCUT2D eigenvalue weighted by atomic mass is 10.4. The van der Waals surface area contributed by atoms with Crippen LogP contribution in [0.2, 0.25) is 0 Å². The van der Waals surface area contributed by atoms with Crippen LogP contribution in [-0.2, 0) is 0 Å². The Morgan fingerprint density at radius 3 is 2.00 bits per heavy atom. The second kappa shape index (κ2) is 5.53. The van der Waals surface area contributed by atoms with Crippen molar-refractivity contribution in [1.29, 1.82) is 0 Å².